The molecule has 0 bridgehead atoms. The van der Waals surface area contributed by atoms with Crippen LogP contribution in [-0.2, 0) is 19.5 Å². The van der Waals surface area contributed by atoms with Crippen molar-refractivity contribution >= 4 is 5.69 Å². The summed E-state index contributed by atoms with van der Waals surface area (Å²) in [7, 11) is 0. The first-order valence-electron chi connectivity index (χ1n) is 6.92. The Kier molecular flexibility index (Phi) is 4.99. The molecule has 0 aromatic heterocycles. The van der Waals surface area contributed by atoms with E-state index in [1.54, 1.807) is 0 Å². The maximum absolute atomic E-state index is 5.65. The van der Waals surface area contributed by atoms with Gasteiger partial charge in [0.2, 0.25) is 0 Å². The van der Waals surface area contributed by atoms with E-state index in [4.69, 9.17) is 5.73 Å². The van der Waals surface area contributed by atoms with Gasteiger partial charge in [0.1, 0.15) is 0 Å². The first kappa shape index (κ1) is 13.6. The minimum absolute atomic E-state index is 0.597. The molecule has 0 amide bonds. The van der Waals surface area contributed by atoms with Crippen molar-refractivity contribution in [1.82, 2.24) is 0 Å². The average molecular weight is 254 g/mol. The molecule has 0 atom stereocenters. The van der Waals surface area contributed by atoms with E-state index < -0.39 is 0 Å². The lowest BCUT2D eigenvalue weighted by atomic mass is 10.1. The molecule has 0 aliphatic rings. The van der Waals surface area contributed by atoms with Crippen LogP contribution < -0.4 is 11.1 Å². The number of anilines is 1. The van der Waals surface area contributed by atoms with Gasteiger partial charge in [-0.15, -0.1) is 0 Å². The SMILES string of the molecule is CCCc1ccc(NCc2cccc(CN)c2)cc1. The van der Waals surface area contributed by atoms with E-state index in [0.717, 1.165) is 18.7 Å². The van der Waals surface area contributed by atoms with Crippen molar-refractivity contribution in [3.63, 3.8) is 0 Å². The van der Waals surface area contributed by atoms with Crippen LogP contribution in [0.1, 0.15) is 30.0 Å². The zero-order valence-electron chi connectivity index (χ0n) is 11.5. The van der Waals surface area contributed by atoms with Crippen molar-refractivity contribution in [3.8, 4) is 0 Å². The van der Waals surface area contributed by atoms with Crippen molar-refractivity contribution in [2.24, 2.45) is 5.73 Å². The van der Waals surface area contributed by atoms with Crippen LogP contribution in [0.3, 0.4) is 0 Å². The van der Waals surface area contributed by atoms with Gasteiger partial charge < -0.3 is 11.1 Å². The summed E-state index contributed by atoms with van der Waals surface area (Å²) in [6, 6.07) is 17.1. The van der Waals surface area contributed by atoms with E-state index in [1.165, 1.54) is 23.1 Å². The van der Waals surface area contributed by atoms with Gasteiger partial charge >= 0.3 is 0 Å². The molecular formula is C17H22N2. The molecule has 100 valence electrons. The van der Waals surface area contributed by atoms with E-state index in [1.807, 2.05) is 0 Å². The minimum atomic E-state index is 0.597. The van der Waals surface area contributed by atoms with Crippen LogP contribution in [0.15, 0.2) is 48.5 Å². The predicted molar refractivity (Wildman–Crippen MR) is 82.1 cm³/mol. The van der Waals surface area contributed by atoms with Crippen molar-refractivity contribution in [2.75, 3.05) is 5.32 Å². The third-order valence-corrected chi connectivity index (χ3v) is 3.22. The lowest BCUT2D eigenvalue weighted by Gasteiger charge is -2.08. The number of nitrogens with one attached hydrogen (secondary N) is 1. The molecular weight excluding hydrogens is 232 g/mol. The van der Waals surface area contributed by atoms with Crippen LogP contribution in [0, 0.1) is 0 Å². The van der Waals surface area contributed by atoms with Gasteiger partial charge in [-0.3, -0.25) is 0 Å². The fraction of sp³-hybridized carbons (Fsp3) is 0.294. The summed E-state index contributed by atoms with van der Waals surface area (Å²) in [4.78, 5) is 0. The molecule has 0 saturated carbocycles. The number of aryl methyl sites for hydroxylation is 1. The minimum Gasteiger partial charge on any atom is -0.381 e. The van der Waals surface area contributed by atoms with E-state index in [2.05, 4.69) is 60.8 Å². The molecule has 0 aliphatic carbocycles. The molecule has 0 heterocycles. The van der Waals surface area contributed by atoms with Gasteiger partial charge in [-0.25, -0.2) is 0 Å². The normalized spacial score (nSPS) is 10.4. The van der Waals surface area contributed by atoms with E-state index in [-0.39, 0.29) is 0 Å². The maximum Gasteiger partial charge on any atom is 0.0400 e. The summed E-state index contributed by atoms with van der Waals surface area (Å²) in [6.07, 6.45) is 2.34. The molecule has 0 saturated heterocycles. The molecule has 2 aromatic rings. The molecule has 0 fully saturated rings. The van der Waals surface area contributed by atoms with Gasteiger partial charge in [0.15, 0.2) is 0 Å². The van der Waals surface area contributed by atoms with E-state index in [0.29, 0.717) is 6.54 Å². The summed E-state index contributed by atoms with van der Waals surface area (Å²) in [5.74, 6) is 0. The Bertz CT molecular complexity index is 503. The van der Waals surface area contributed by atoms with Crippen LogP contribution in [0.4, 0.5) is 5.69 Å². The Hall–Kier alpha value is -1.80. The van der Waals surface area contributed by atoms with E-state index >= 15 is 0 Å². The molecule has 0 unspecified atom stereocenters. The van der Waals surface area contributed by atoms with Crippen LogP contribution in [-0.4, -0.2) is 0 Å². The largest absolute Gasteiger partial charge is 0.381 e. The monoisotopic (exact) mass is 254 g/mol. The lowest BCUT2D eigenvalue weighted by Crippen LogP contribution is -2.02. The zero-order valence-corrected chi connectivity index (χ0v) is 11.5. The maximum atomic E-state index is 5.65. The number of rotatable bonds is 6. The van der Waals surface area contributed by atoms with Crippen LogP contribution >= 0.6 is 0 Å². The highest BCUT2D eigenvalue weighted by Crippen LogP contribution is 2.13. The Balaban J connectivity index is 1.94. The van der Waals surface area contributed by atoms with Gasteiger partial charge in [0.25, 0.3) is 0 Å². The first-order chi connectivity index (χ1) is 9.31. The highest BCUT2D eigenvalue weighted by Gasteiger charge is 1.97. The van der Waals surface area contributed by atoms with Crippen LogP contribution in [0.2, 0.25) is 0 Å². The number of hydrogen-bond acceptors (Lipinski definition) is 2. The highest BCUT2D eigenvalue weighted by atomic mass is 14.9. The summed E-state index contributed by atoms with van der Waals surface area (Å²) in [6.45, 7) is 3.64. The fourth-order valence-electron chi connectivity index (χ4n) is 2.15. The fourth-order valence-corrected chi connectivity index (χ4v) is 2.15. The van der Waals surface area contributed by atoms with Gasteiger partial charge in [0.05, 0.1) is 0 Å². The van der Waals surface area contributed by atoms with Gasteiger partial charge in [0, 0.05) is 18.8 Å². The molecule has 0 radical (unpaired) electrons. The molecule has 2 nitrogen and oxygen atoms in total. The Labute approximate surface area is 115 Å². The Morgan fingerprint density at radius 2 is 1.68 bits per heavy atom. The van der Waals surface area contributed by atoms with Gasteiger partial charge in [-0.2, -0.15) is 0 Å². The Morgan fingerprint density at radius 1 is 0.947 bits per heavy atom. The lowest BCUT2D eigenvalue weighted by molar-refractivity contribution is 0.922. The number of benzene rings is 2. The quantitative estimate of drug-likeness (QED) is 0.824. The number of hydrogen-bond donors (Lipinski definition) is 2. The van der Waals surface area contributed by atoms with Crippen molar-refractivity contribution in [2.45, 2.75) is 32.9 Å². The molecule has 3 N–H and O–H groups in total. The molecule has 0 spiro atoms. The van der Waals surface area contributed by atoms with E-state index in [9.17, 15) is 0 Å². The molecule has 19 heavy (non-hydrogen) atoms. The Morgan fingerprint density at radius 3 is 2.37 bits per heavy atom. The van der Waals surface area contributed by atoms with Crippen molar-refractivity contribution < 1.29 is 0 Å². The van der Waals surface area contributed by atoms with Crippen molar-refractivity contribution in [1.29, 1.82) is 0 Å². The molecule has 2 heteroatoms. The smallest absolute Gasteiger partial charge is 0.0400 e. The predicted octanol–water partition coefficient (Wildman–Crippen LogP) is 3.71. The molecule has 2 aromatic carbocycles. The summed E-state index contributed by atoms with van der Waals surface area (Å²) in [5, 5.41) is 3.44. The third-order valence-electron chi connectivity index (χ3n) is 3.22. The second kappa shape index (κ2) is 6.95. The molecule has 2 rings (SSSR count). The average Bonchev–Trinajstić information content (AvgIpc) is 2.47. The third kappa shape index (κ3) is 4.11. The van der Waals surface area contributed by atoms with Crippen LogP contribution in [0.25, 0.3) is 0 Å². The topological polar surface area (TPSA) is 38.0 Å². The van der Waals surface area contributed by atoms with Crippen LogP contribution in [0.5, 0.6) is 0 Å². The summed E-state index contributed by atoms with van der Waals surface area (Å²) in [5.41, 5.74) is 10.7. The van der Waals surface area contributed by atoms with Gasteiger partial charge in [-0.05, 0) is 35.2 Å². The first-order valence-corrected chi connectivity index (χ1v) is 6.92. The molecule has 0 aliphatic heterocycles. The summed E-state index contributed by atoms with van der Waals surface area (Å²) < 4.78 is 0. The standard InChI is InChI=1S/C17H22N2/c1-2-4-14-7-9-17(10-8-14)19-13-16-6-3-5-15(11-16)12-18/h3,5-11,19H,2,4,12-13,18H2,1H3. The van der Waals surface area contributed by atoms with Gasteiger partial charge in [-0.1, -0.05) is 49.7 Å². The second-order valence-electron chi connectivity index (χ2n) is 4.82. The second-order valence-corrected chi connectivity index (χ2v) is 4.82. The zero-order chi connectivity index (χ0) is 13.5. The summed E-state index contributed by atoms with van der Waals surface area (Å²) >= 11 is 0. The highest BCUT2D eigenvalue weighted by molar-refractivity contribution is 5.45. The van der Waals surface area contributed by atoms with Crippen molar-refractivity contribution in [3.05, 3.63) is 65.2 Å². The number of nitrogens with two attached hydrogens (primary N) is 1.